The quantitative estimate of drug-likeness (QED) is 0.286. The zero-order valence-electron chi connectivity index (χ0n) is 15.2. The number of allylic oxidation sites excluding steroid dienone is 1. The Hall–Kier alpha value is -2.88. The molecule has 0 amide bonds. The fourth-order valence-electron chi connectivity index (χ4n) is 2.57. The number of carbonyl (C=O) groups is 2. The van der Waals surface area contributed by atoms with Gasteiger partial charge in [-0.25, -0.2) is 0 Å². The van der Waals surface area contributed by atoms with E-state index in [0.717, 1.165) is 24.8 Å². The molecule has 2 aromatic rings. The predicted molar refractivity (Wildman–Crippen MR) is 102 cm³/mol. The van der Waals surface area contributed by atoms with Crippen molar-refractivity contribution >= 4 is 17.8 Å². The number of esters is 1. The zero-order chi connectivity index (χ0) is 18.8. The summed E-state index contributed by atoms with van der Waals surface area (Å²) in [6, 6.07) is 15.4. The van der Waals surface area contributed by atoms with Gasteiger partial charge in [-0.15, -0.1) is 0 Å². The molecule has 0 N–H and O–H groups in total. The molecular formula is C22H24O4. The van der Waals surface area contributed by atoms with E-state index in [0.29, 0.717) is 17.9 Å². The van der Waals surface area contributed by atoms with Gasteiger partial charge in [-0.3, -0.25) is 9.59 Å². The highest BCUT2D eigenvalue weighted by Crippen LogP contribution is 2.28. The van der Waals surface area contributed by atoms with Crippen molar-refractivity contribution in [3.8, 4) is 11.5 Å². The number of hydrogen-bond donors (Lipinski definition) is 0. The summed E-state index contributed by atoms with van der Waals surface area (Å²) in [6.45, 7) is 1.34. The van der Waals surface area contributed by atoms with Gasteiger partial charge in [0.05, 0.1) is 7.11 Å². The first-order chi connectivity index (χ1) is 12.6. The molecule has 4 nitrogen and oxygen atoms in total. The van der Waals surface area contributed by atoms with Crippen LogP contribution in [0.2, 0.25) is 0 Å². The van der Waals surface area contributed by atoms with Crippen LogP contribution in [0.4, 0.5) is 0 Å². The lowest BCUT2D eigenvalue weighted by Crippen LogP contribution is -2.03. The third-order valence-corrected chi connectivity index (χ3v) is 3.88. The molecule has 0 saturated heterocycles. The SMILES string of the molecule is COc1cc(/C=C/C(=O)CCCCc2ccccc2)ccc1OC(C)=O. The first kappa shape index (κ1) is 19.4. The number of benzene rings is 2. The minimum atomic E-state index is -0.405. The number of ketones is 1. The molecule has 0 atom stereocenters. The summed E-state index contributed by atoms with van der Waals surface area (Å²) >= 11 is 0. The molecule has 4 heteroatoms. The van der Waals surface area contributed by atoms with Crippen LogP contribution in [0.1, 0.15) is 37.3 Å². The van der Waals surface area contributed by atoms with Crippen LogP contribution in [-0.2, 0) is 16.0 Å². The topological polar surface area (TPSA) is 52.6 Å². The number of hydrogen-bond acceptors (Lipinski definition) is 4. The van der Waals surface area contributed by atoms with E-state index in [4.69, 9.17) is 9.47 Å². The van der Waals surface area contributed by atoms with E-state index < -0.39 is 5.97 Å². The van der Waals surface area contributed by atoms with Gasteiger partial charge in [0, 0.05) is 13.3 Å². The molecule has 0 spiro atoms. The minimum absolute atomic E-state index is 0.0982. The molecule has 0 fully saturated rings. The first-order valence-electron chi connectivity index (χ1n) is 8.70. The number of carbonyl (C=O) groups excluding carboxylic acids is 2. The fourth-order valence-corrected chi connectivity index (χ4v) is 2.57. The van der Waals surface area contributed by atoms with Crippen molar-refractivity contribution in [2.24, 2.45) is 0 Å². The largest absolute Gasteiger partial charge is 0.493 e. The number of unbranched alkanes of at least 4 members (excludes halogenated alkanes) is 1. The zero-order valence-corrected chi connectivity index (χ0v) is 15.2. The van der Waals surface area contributed by atoms with Gasteiger partial charge >= 0.3 is 5.97 Å². The molecule has 0 heterocycles. The lowest BCUT2D eigenvalue weighted by molar-refractivity contribution is -0.132. The summed E-state index contributed by atoms with van der Waals surface area (Å²) < 4.78 is 10.3. The van der Waals surface area contributed by atoms with Crippen LogP contribution in [0.3, 0.4) is 0 Å². The summed E-state index contributed by atoms with van der Waals surface area (Å²) in [5, 5.41) is 0. The van der Waals surface area contributed by atoms with Crippen molar-refractivity contribution in [3.05, 3.63) is 65.7 Å². The molecular weight excluding hydrogens is 328 g/mol. The van der Waals surface area contributed by atoms with E-state index in [1.54, 1.807) is 30.4 Å². The maximum atomic E-state index is 12.0. The molecule has 2 aromatic carbocycles. The average molecular weight is 352 g/mol. The van der Waals surface area contributed by atoms with Crippen molar-refractivity contribution in [2.45, 2.75) is 32.6 Å². The fraction of sp³-hybridized carbons (Fsp3) is 0.273. The lowest BCUT2D eigenvalue weighted by Gasteiger charge is -2.08. The van der Waals surface area contributed by atoms with Gasteiger partial charge in [0.15, 0.2) is 17.3 Å². The molecule has 0 radical (unpaired) electrons. The van der Waals surface area contributed by atoms with Crippen LogP contribution in [0.25, 0.3) is 6.08 Å². The third kappa shape index (κ3) is 6.55. The van der Waals surface area contributed by atoms with Crippen molar-refractivity contribution in [1.29, 1.82) is 0 Å². The van der Waals surface area contributed by atoms with E-state index in [9.17, 15) is 9.59 Å². The molecule has 0 aromatic heterocycles. The Morgan fingerprint density at radius 2 is 1.77 bits per heavy atom. The Labute approximate surface area is 154 Å². The maximum absolute atomic E-state index is 12.0. The summed E-state index contributed by atoms with van der Waals surface area (Å²) in [4.78, 5) is 23.1. The second-order valence-corrected chi connectivity index (χ2v) is 6.00. The molecule has 0 saturated carbocycles. The Kier molecular flexibility index (Phi) is 7.62. The number of aryl methyl sites for hydroxylation is 1. The van der Waals surface area contributed by atoms with Crippen molar-refractivity contribution in [1.82, 2.24) is 0 Å². The molecule has 26 heavy (non-hydrogen) atoms. The number of ether oxygens (including phenoxy) is 2. The van der Waals surface area contributed by atoms with Gasteiger partial charge in [0.25, 0.3) is 0 Å². The summed E-state index contributed by atoms with van der Waals surface area (Å²) in [5.41, 5.74) is 2.12. The standard InChI is InChI=1S/C22H24O4/c1-17(23)26-21-15-13-19(16-22(21)25-2)12-14-20(24)11-7-6-10-18-8-4-3-5-9-18/h3-5,8-9,12-16H,6-7,10-11H2,1-2H3/b14-12+. The summed E-state index contributed by atoms with van der Waals surface area (Å²) in [6.07, 6.45) is 6.72. The van der Waals surface area contributed by atoms with E-state index in [2.05, 4.69) is 12.1 Å². The normalized spacial score (nSPS) is 10.7. The van der Waals surface area contributed by atoms with Crippen LogP contribution in [0.15, 0.2) is 54.6 Å². The molecule has 2 rings (SSSR count). The predicted octanol–water partition coefficient (Wildman–Crippen LogP) is 4.62. The van der Waals surface area contributed by atoms with Crippen LogP contribution in [-0.4, -0.2) is 18.9 Å². The van der Waals surface area contributed by atoms with Crippen LogP contribution in [0, 0.1) is 0 Å². The Morgan fingerprint density at radius 1 is 1.00 bits per heavy atom. The van der Waals surface area contributed by atoms with E-state index in [1.807, 2.05) is 18.2 Å². The van der Waals surface area contributed by atoms with Gasteiger partial charge in [-0.05, 0) is 48.6 Å². The summed E-state index contributed by atoms with van der Waals surface area (Å²) in [7, 11) is 1.51. The van der Waals surface area contributed by atoms with Crippen molar-refractivity contribution in [3.63, 3.8) is 0 Å². The smallest absolute Gasteiger partial charge is 0.308 e. The van der Waals surface area contributed by atoms with Gasteiger partial charge in [-0.1, -0.05) is 42.5 Å². The van der Waals surface area contributed by atoms with Crippen molar-refractivity contribution in [2.75, 3.05) is 7.11 Å². The number of rotatable bonds is 9. The van der Waals surface area contributed by atoms with E-state index >= 15 is 0 Å². The molecule has 0 bridgehead atoms. The number of methoxy groups -OCH3 is 1. The molecule has 0 aliphatic heterocycles. The molecule has 0 unspecified atom stereocenters. The lowest BCUT2D eigenvalue weighted by atomic mass is 10.1. The summed E-state index contributed by atoms with van der Waals surface area (Å²) in [5.74, 6) is 0.514. The van der Waals surface area contributed by atoms with E-state index in [-0.39, 0.29) is 5.78 Å². The minimum Gasteiger partial charge on any atom is -0.493 e. The highest BCUT2D eigenvalue weighted by Gasteiger charge is 2.07. The van der Waals surface area contributed by atoms with Crippen molar-refractivity contribution < 1.29 is 19.1 Å². The molecule has 0 aliphatic rings. The Bertz CT molecular complexity index is 763. The Morgan fingerprint density at radius 3 is 2.46 bits per heavy atom. The van der Waals surface area contributed by atoms with E-state index in [1.165, 1.54) is 19.6 Å². The second-order valence-electron chi connectivity index (χ2n) is 6.00. The van der Waals surface area contributed by atoms with Crippen LogP contribution < -0.4 is 9.47 Å². The highest BCUT2D eigenvalue weighted by atomic mass is 16.6. The monoisotopic (exact) mass is 352 g/mol. The maximum Gasteiger partial charge on any atom is 0.308 e. The van der Waals surface area contributed by atoms with Gasteiger partial charge in [0.1, 0.15) is 0 Å². The molecule has 136 valence electrons. The van der Waals surface area contributed by atoms with Gasteiger partial charge in [-0.2, -0.15) is 0 Å². The first-order valence-corrected chi connectivity index (χ1v) is 8.70. The molecule has 0 aliphatic carbocycles. The average Bonchev–Trinajstić information content (AvgIpc) is 2.65. The Balaban J connectivity index is 1.82. The van der Waals surface area contributed by atoms with Crippen LogP contribution >= 0.6 is 0 Å². The second kappa shape index (κ2) is 10.2. The highest BCUT2D eigenvalue weighted by molar-refractivity contribution is 5.93. The van der Waals surface area contributed by atoms with Gasteiger partial charge in [0.2, 0.25) is 0 Å². The third-order valence-electron chi connectivity index (χ3n) is 3.88. The van der Waals surface area contributed by atoms with Crippen LogP contribution in [0.5, 0.6) is 11.5 Å². The van der Waals surface area contributed by atoms with Gasteiger partial charge < -0.3 is 9.47 Å².